The van der Waals surface area contributed by atoms with E-state index in [1.807, 2.05) is 12.4 Å². The molecular weight excluding hydrogens is 356 g/mol. The second kappa shape index (κ2) is 7.40. The van der Waals surface area contributed by atoms with E-state index in [0.717, 1.165) is 40.7 Å². The van der Waals surface area contributed by atoms with Crippen molar-refractivity contribution >= 4 is 23.6 Å². The first-order chi connectivity index (χ1) is 13.2. The summed E-state index contributed by atoms with van der Waals surface area (Å²) in [6, 6.07) is 12.2. The van der Waals surface area contributed by atoms with Gasteiger partial charge in [-0.15, -0.1) is 11.8 Å². The molecule has 0 atom stereocenters. The summed E-state index contributed by atoms with van der Waals surface area (Å²) in [5.41, 5.74) is 10.7. The number of fused-ring (bicyclic) bond motifs is 1. The van der Waals surface area contributed by atoms with Gasteiger partial charge in [-0.3, -0.25) is 9.88 Å². The highest BCUT2D eigenvalue weighted by molar-refractivity contribution is 7.98. The lowest BCUT2D eigenvalue weighted by Crippen LogP contribution is -2.40. The number of hydrogen-bond acceptors (Lipinski definition) is 4. The summed E-state index contributed by atoms with van der Waals surface area (Å²) in [6.45, 7) is 0.623. The average Bonchev–Trinajstić information content (AvgIpc) is 2.73. The highest BCUT2D eigenvalue weighted by Crippen LogP contribution is 2.31. The number of carbonyl (C=O) groups excluding carboxylic acids is 1. The Hall–Kier alpha value is -2.86. The summed E-state index contributed by atoms with van der Waals surface area (Å²) in [6.07, 6.45) is 9.36. The van der Waals surface area contributed by atoms with Crippen molar-refractivity contribution in [3.63, 3.8) is 0 Å². The Morgan fingerprint density at radius 2 is 1.74 bits per heavy atom. The summed E-state index contributed by atoms with van der Waals surface area (Å²) in [5.74, 6) is 0.675. The van der Waals surface area contributed by atoms with E-state index >= 15 is 0 Å². The van der Waals surface area contributed by atoms with E-state index in [2.05, 4.69) is 52.6 Å². The molecule has 27 heavy (non-hydrogen) atoms. The first kappa shape index (κ1) is 17.5. The van der Waals surface area contributed by atoms with Crippen LogP contribution in [0.4, 0.5) is 10.6 Å². The highest BCUT2D eigenvalue weighted by Gasteiger charge is 2.22. The van der Waals surface area contributed by atoms with Gasteiger partial charge in [0, 0.05) is 46.7 Å². The predicted octanol–water partition coefficient (Wildman–Crippen LogP) is 4.36. The monoisotopic (exact) mass is 376 g/mol. The van der Waals surface area contributed by atoms with Crippen molar-refractivity contribution < 1.29 is 4.79 Å². The molecule has 2 aromatic heterocycles. The Kier molecular flexibility index (Phi) is 4.81. The predicted molar refractivity (Wildman–Crippen MR) is 110 cm³/mol. The van der Waals surface area contributed by atoms with Gasteiger partial charge < -0.3 is 5.73 Å². The van der Waals surface area contributed by atoms with Gasteiger partial charge in [0.05, 0.1) is 0 Å². The van der Waals surface area contributed by atoms with Gasteiger partial charge in [-0.2, -0.15) is 0 Å². The fourth-order valence-electron chi connectivity index (χ4n) is 3.38. The summed E-state index contributed by atoms with van der Waals surface area (Å²) in [4.78, 5) is 23.3. The molecule has 1 aromatic carbocycles. The Balaban J connectivity index is 1.69. The molecule has 2 amide bonds. The summed E-state index contributed by atoms with van der Waals surface area (Å²) >= 11 is 1.73. The number of nitrogens with zero attached hydrogens (tertiary/aromatic N) is 3. The maximum absolute atomic E-state index is 11.6. The van der Waals surface area contributed by atoms with Crippen LogP contribution in [0.2, 0.25) is 0 Å². The van der Waals surface area contributed by atoms with Crippen LogP contribution in [0.3, 0.4) is 0 Å². The van der Waals surface area contributed by atoms with Crippen LogP contribution in [0.5, 0.6) is 0 Å². The van der Waals surface area contributed by atoms with E-state index in [1.165, 1.54) is 4.90 Å². The molecule has 4 rings (SSSR count). The molecule has 0 spiro atoms. The van der Waals surface area contributed by atoms with Gasteiger partial charge in [-0.25, -0.2) is 9.78 Å². The van der Waals surface area contributed by atoms with Gasteiger partial charge >= 0.3 is 6.03 Å². The van der Waals surface area contributed by atoms with Gasteiger partial charge in [0.25, 0.3) is 0 Å². The quantitative estimate of drug-likeness (QED) is 0.689. The number of nitrogens with two attached hydrogens (primary N) is 1. The third kappa shape index (κ3) is 3.53. The smallest absolute Gasteiger partial charge is 0.320 e. The number of benzene rings is 1. The van der Waals surface area contributed by atoms with Crippen molar-refractivity contribution in [2.75, 3.05) is 17.7 Å². The molecule has 1 aliphatic rings. The number of anilines is 1. The van der Waals surface area contributed by atoms with Crippen molar-refractivity contribution in [1.82, 2.24) is 9.97 Å². The molecule has 0 radical (unpaired) electrons. The van der Waals surface area contributed by atoms with Crippen molar-refractivity contribution in [3.8, 4) is 22.3 Å². The molecule has 5 nitrogen and oxygen atoms in total. The molecule has 3 aromatic rings. The van der Waals surface area contributed by atoms with Gasteiger partial charge in [0.2, 0.25) is 0 Å². The highest BCUT2D eigenvalue weighted by atomic mass is 32.2. The van der Waals surface area contributed by atoms with Crippen molar-refractivity contribution in [2.24, 2.45) is 5.73 Å². The lowest BCUT2D eigenvalue weighted by molar-refractivity contribution is 0.253. The molecule has 0 aliphatic carbocycles. The van der Waals surface area contributed by atoms with Crippen LogP contribution in [0.25, 0.3) is 22.3 Å². The lowest BCUT2D eigenvalue weighted by Gasteiger charge is -2.26. The van der Waals surface area contributed by atoms with E-state index in [4.69, 9.17) is 5.73 Å². The average molecular weight is 376 g/mol. The molecule has 2 N–H and O–H groups in total. The third-order valence-corrected chi connectivity index (χ3v) is 5.53. The van der Waals surface area contributed by atoms with E-state index in [-0.39, 0.29) is 0 Å². The summed E-state index contributed by atoms with van der Waals surface area (Å²) in [7, 11) is 0. The zero-order valence-corrected chi connectivity index (χ0v) is 15.9. The second-order valence-corrected chi connectivity index (χ2v) is 7.37. The molecule has 0 fully saturated rings. The molecular formula is C21H20N4OS. The molecule has 0 saturated heterocycles. The number of aromatic nitrogens is 2. The van der Waals surface area contributed by atoms with Crippen LogP contribution in [-0.2, 0) is 6.42 Å². The first-order valence-corrected chi connectivity index (χ1v) is 10.0. The first-order valence-electron chi connectivity index (χ1n) is 8.81. The Morgan fingerprint density at radius 1 is 1.04 bits per heavy atom. The zero-order valence-electron chi connectivity index (χ0n) is 15.1. The Morgan fingerprint density at radius 3 is 2.44 bits per heavy atom. The number of primary amides is 1. The van der Waals surface area contributed by atoms with E-state index in [1.54, 1.807) is 22.9 Å². The minimum atomic E-state index is -0.450. The number of pyridine rings is 2. The summed E-state index contributed by atoms with van der Waals surface area (Å²) in [5, 5.41) is 0. The van der Waals surface area contributed by atoms with E-state index in [9.17, 15) is 4.79 Å². The van der Waals surface area contributed by atoms with Crippen LogP contribution in [-0.4, -0.2) is 28.8 Å². The standard InChI is InChI=1S/C21H20N4OS/c1-27-19-6-4-14(5-7-19)16-10-17(12-23-11-16)18-9-15-3-2-8-25(21(22)26)20(15)24-13-18/h4-7,9-13H,2-3,8H2,1H3,(H2,22,26). The van der Waals surface area contributed by atoms with Gasteiger partial charge in [-0.1, -0.05) is 12.1 Å². The minimum Gasteiger partial charge on any atom is -0.351 e. The number of hydrogen-bond donors (Lipinski definition) is 1. The fourth-order valence-corrected chi connectivity index (χ4v) is 3.78. The Labute approximate surface area is 162 Å². The molecule has 6 heteroatoms. The SMILES string of the molecule is CSc1ccc(-c2cncc(-c3cnc4c(c3)CCCN4C(N)=O)c2)cc1. The van der Waals surface area contributed by atoms with Crippen LogP contribution < -0.4 is 10.6 Å². The number of carbonyl (C=O) groups is 1. The van der Waals surface area contributed by atoms with Crippen molar-refractivity contribution in [2.45, 2.75) is 17.7 Å². The largest absolute Gasteiger partial charge is 0.351 e. The van der Waals surface area contributed by atoms with Gasteiger partial charge in [-0.05, 0) is 54.5 Å². The van der Waals surface area contributed by atoms with Crippen molar-refractivity contribution in [1.29, 1.82) is 0 Å². The number of rotatable bonds is 3. The number of amides is 2. The Bertz CT molecular complexity index is 988. The molecule has 136 valence electrons. The fraction of sp³-hybridized carbons (Fsp3) is 0.190. The topological polar surface area (TPSA) is 72.1 Å². The molecule has 3 heterocycles. The second-order valence-electron chi connectivity index (χ2n) is 6.49. The van der Waals surface area contributed by atoms with Gasteiger partial charge in [0.15, 0.2) is 0 Å². The van der Waals surface area contributed by atoms with Gasteiger partial charge in [0.1, 0.15) is 5.82 Å². The zero-order chi connectivity index (χ0) is 18.8. The lowest BCUT2D eigenvalue weighted by atomic mass is 9.99. The number of thioether (sulfide) groups is 1. The number of urea groups is 1. The van der Waals surface area contributed by atoms with Crippen LogP contribution in [0.1, 0.15) is 12.0 Å². The van der Waals surface area contributed by atoms with Crippen LogP contribution in [0.15, 0.2) is 59.9 Å². The molecule has 0 bridgehead atoms. The maximum Gasteiger partial charge on any atom is 0.320 e. The summed E-state index contributed by atoms with van der Waals surface area (Å²) < 4.78 is 0. The van der Waals surface area contributed by atoms with E-state index < -0.39 is 6.03 Å². The van der Waals surface area contributed by atoms with Crippen LogP contribution in [0, 0.1) is 0 Å². The third-order valence-electron chi connectivity index (χ3n) is 4.79. The molecule has 0 unspecified atom stereocenters. The minimum absolute atomic E-state index is 0.450. The number of aryl methyl sites for hydroxylation is 1. The maximum atomic E-state index is 11.6. The van der Waals surface area contributed by atoms with Crippen LogP contribution >= 0.6 is 11.8 Å². The molecule has 0 saturated carbocycles. The molecule has 1 aliphatic heterocycles. The van der Waals surface area contributed by atoms with E-state index in [0.29, 0.717) is 12.4 Å². The normalized spacial score (nSPS) is 13.3. The van der Waals surface area contributed by atoms with Crippen molar-refractivity contribution in [3.05, 3.63) is 60.6 Å².